The maximum absolute atomic E-state index is 6.16. The lowest BCUT2D eigenvalue weighted by molar-refractivity contribution is 0.557. The van der Waals surface area contributed by atoms with Crippen molar-refractivity contribution in [2.24, 2.45) is 5.92 Å². The van der Waals surface area contributed by atoms with E-state index >= 15 is 0 Å². The summed E-state index contributed by atoms with van der Waals surface area (Å²) in [5.74, 6) is 0.700. The Morgan fingerprint density at radius 3 is 2.89 bits per heavy atom. The van der Waals surface area contributed by atoms with Crippen molar-refractivity contribution < 1.29 is 0 Å². The quantitative estimate of drug-likeness (QED) is 0.767. The molecule has 3 nitrogen and oxygen atoms in total. The lowest BCUT2D eigenvalue weighted by atomic mass is 10.1. The molecule has 1 aromatic heterocycles. The van der Waals surface area contributed by atoms with E-state index in [4.69, 9.17) is 11.6 Å². The van der Waals surface area contributed by atoms with Crippen LogP contribution in [0.5, 0.6) is 0 Å². The van der Waals surface area contributed by atoms with Crippen LogP contribution in [-0.2, 0) is 6.54 Å². The summed E-state index contributed by atoms with van der Waals surface area (Å²) in [6.07, 6.45) is 4.96. The van der Waals surface area contributed by atoms with Crippen molar-refractivity contribution in [1.29, 1.82) is 0 Å². The molecule has 0 unspecified atom stereocenters. The van der Waals surface area contributed by atoms with E-state index in [-0.39, 0.29) is 0 Å². The minimum Gasteiger partial charge on any atom is -0.316 e. The molecule has 0 aromatic carbocycles. The van der Waals surface area contributed by atoms with Crippen LogP contribution in [0.3, 0.4) is 0 Å². The first-order valence-corrected chi connectivity index (χ1v) is 7.03. The molecule has 0 aliphatic rings. The van der Waals surface area contributed by atoms with Gasteiger partial charge in [0, 0.05) is 6.54 Å². The number of hydrogen-bond acceptors (Lipinski definition) is 2. The Labute approximate surface area is 115 Å². The second-order valence-electron chi connectivity index (χ2n) is 4.93. The summed E-state index contributed by atoms with van der Waals surface area (Å²) >= 11 is 6.16. The molecule has 0 amide bonds. The van der Waals surface area contributed by atoms with Crippen LogP contribution >= 0.6 is 11.6 Å². The molecule has 0 radical (unpaired) electrons. The Kier molecular flexibility index (Phi) is 6.44. The monoisotopic (exact) mass is 269 g/mol. The number of aryl methyl sites for hydroxylation is 1. The average molecular weight is 270 g/mol. The zero-order valence-electron chi connectivity index (χ0n) is 11.8. The molecule has 0 bridgehead atoms. The van der Waals surface area contributed by atoms with E-state index in [1.165, 1.54) is 5.57 Å². The third-order valence-electron chi connectivity index (χ3n) is 2.79. The maximum Gasteiger partial charge on any atom is 0.0862 e. The Morgan fingerprint density at radius 2 is 2.28 bits per heavy atom. The van der Waals surface area contributed by atoms with Crippen LogP contribution in [0.25, 0.3) is 5.57 Å². The molecule has 0 fully saturated rings. The predicted molar refractivity (Wildman–Crippen MR) is 78.9 cm³/mol. The molecule has 0 aliphatic heterocycles. The second kappa shape index (κ2) is 7.59. The summed E-state index contributed by atoms with van der Waals surface area (Å²) in [5.41, 5.74) is 2.24. The van der Waals surface area contributed by atoms with E-state index in [0.717, 1.165) is 36.8 Å². The fourth-order valence-corrected chi connectivity index (χ4v) is 2.16. The molecule has 4 heteroatoms. The Morgan fingerprint density at radius 1 is 1.56 bits per heavy atom. The van der Waals surface area contributed by atoms with Crippen molar-refractivity contribution >= 4 is 17.2 Å². The first-order valence-electron chi connectivity index (χ1n) is 6.65. The molecule has 1 aromatic rings. The Hall–Kier alpha value is -0.800. The number of aromatic nitrogens is 2. The Bertz CT molecular complexity index is 394. The van der Waals surface area contributed by atoms with Gasteiger partial charge in [-0.25, -0.2) is 0 Å². The molecule has 0 atom stereocenters. The van der Waals surface area contributed by atoms with E-state index < -0.39 is 0 Å². The number of nitrogens with one attached hydrogen (secondary N) is 1. The fraction of sp³-hybridized carbons (Fsp3) is 0.643. The van der Waals surface area contributed by atoms with Gasteiger partial charge in [-0.3, -0.25) is 4.68 Å². The maximum atomic E-state index is 6.16. The highest BCUT2D eigenvalue weighted by Gasteiger charge is 2.08. The van der Waals surface area contributed by atoms with Crippen LogP contribution < -0.4 is 5.32 Å². The molecule has 18 heavy (non-hydrogen) atoms. The molecule has 102 valence electrons. The summed E-state index contributed by atoms with van der Waals surface area (Å²) in [6.45, 7) is 11.5. The molecular formula is C14H24ClN3. The van der Waals surface area contributed by atoms with Crippen molar-refractivity contribution in [3.63, 3.8) is 0 Å². The van der Waals surface area contributed by atoms with Crippen LogP contribution in [0.1, 0.15) is 39.8 Å². The largest absolute Gasteiger partial charge is 0.316 e. The standard InChI is InChI=1S/C14H24ClN3/c1-5-18-14(13(15)10-17-18)12(4)7-6-8-16-9-11(2)3/h7,10-11,16H,5-6,8-9H2,1-4H3. The van der Waals surface area contributed by atoms with Crippen LogP contribution in [0.15, 0.2) is 12.3 Å². The second-order valence-corrected chi connectivity index (χ2v) is 5.34. The zero-order chi connectivity index (χ0) is 13.5. The van der Waals surface area contributed by atoms with Crippen LogP contribution in [-0.4, -0.2) is 22.9 Å². The van der Waals surface area contributed by atoms with Gasteiger partial charge in [0.2, 0.25) is 0 Å². The normalized spacial score (nSPS) is 12.4. The van der Waals surface area contributed by atoms with Crippen molar-refractivity contribution in [2.45, 2.75) is 40.7 Å². The van der Waals surface area contributed by atoms with Gasteiger partial charge in [-0.1, -0.05) is 31.5 Å². The van der Waals surface area contributed by atoms with E-state index in [0.29, 0.717) is 5.92 Å². The molecule has 1 N–H and O–H groups in total. The summed E-state index contributed by atoms with van der Waals surface area (Å²) in [5, 5.41) is 8.42. The van der Waals surface area contributed by atoms with Crippen molar-refractivity contribution in [3.8, 4) is 0 Å². The van der Waals surface area contributed by atoms with Gasteiger partial charge in [-0.05, 0) is 44.8 Å². The molecule has 0 saturated carbocycles. The molecule has 0 aliphatic carbocycles. The predicted octanol–water partition coefficient (Wildman–Crippen LogP) is 3.60. The summed E-state index contributed by atoms with van der Waals surface area (Å²) in [4.78, 5) is 0. The first kappa shape index (κ1) is 15.3. The molecule has 1 rings (SSSR count). The van der Waals surface area contributed by atoms with Gasteiger partial charge in [0.1, 0.15) is 0 Å². The molecule has 0 spiro atoms. The highest BCUT2D eigenvalue weighted by Crippen LogP contribution is 2.23. The zero-order valence-corrected chi connectivity index (χ0v) is 12.6. The number of rotatable bonds is 7. The van der Waals surface area contributed by atoms with Gasteiger partial charge in [0.25, 0.3) is 0 Å². The lowest BCUT2D eigenvalue weighted by Gasteiger charge is -2.07. The number of allylic oxidation sites excluding steroid dienone is 1. The van der Waals surface area contributed by atoms with Gasteiger partial charge in [-0.15, -0.1) is 0 Å². The van der Waals surface area contributed by atoms with Crippen LogP contribution in [0.4, 0.5) is 0 Å². The molecule has 0 saturated heterocycles. The van der Waals surface area contributed by atoms with Crippen molar-refractivity contribution in [3.05, 3.63) is 23.0 Å². The summed E-state index contributed by atoms with van der Waals surface area (Å²) < 4.78 is 1.94. The number of nitrogens with zero attached hydrogens (tertiary/aromatic N) is 2. The first-order chi connectivity index (χ1) is 8.56. The summed E-state index contributed by atoms with van der Waals surface area (Å²) in [6, 6.07) is 0. The van der Waals surface area contributed by atoms with Gasteiger partial charge < -0.3 is 5.32 Å². The average Bonchev–Trinajstić information content (AvgIpc) is 2.69. The topological polar surface area (TPSA) is 29.9 Å². The van der Waals surface area contributed by atoms with Gasteiger partial charge >= 0.3 is 0 Å². The Balaban J connectivity index is 2.52. The van der Waals surface area contributed by atoms with E-state index in [1.807, 2.05) is 4.68 Å². The smallest absolute Gasteiger partial charge is 0.0862 e. The highest BCUT2D eigenvalue weighted by atomic mass is 35.5. The molecular weight excluding hydrogens is 246 g/mol. The van der Waals surface area contributed by atoms with Gasteiger partial charge in [0.05, 0.1) is 16.9 Å². The molecule has 1 heterocycles. The van der Waals surface area contributed by atoms with E-state index in [1.54, 1.807) is 6.20 Å². The number of halogens is 1. The van der Waals surface area contributed by atoms with Crippen LogP contribution in [0, 0.1) is 5.92 Å². The van der Waals surface area contributed by atoms with Crippen LogP contribution in [0.2, 0.25) is 5.02 Å². The van der Waals surface area contributed by atoms with E-state index in [2.05, 4.69) is 44.2 Å². The third-order valence-corrected chi connectivity index (χ3v) is 3.07. The van der Waals surface area contributed by atoms with Gasteiger partial charge in [-0.2, -0.15) is 5.10 Å². The number of hydrogen-bond donors (Lipinski definition) is 1. The van der Waals surface area contributed by atoms with Gasteiger partial charge in [0.15, 0.2) is 0 Å². The van der Waals surface area contributed by atoms with E-state index in [9.17, 15) is 0 Å². The lowest BCUT2D eigenvalue weighted by Crippen LogP contribution is -2.20. The highest BCUT2D eigenvalue weighted by molar-refractivity contribution is 6.32. The van der Waals surface area contributed by atoms with Crippen molar-refractivity contribution in [2.75, 3.05) is 13.1 Å². The minimum atomic E-state index is 0.700. The minimum absolute atomic E-state index is 0.700. The summed E-state index contributed by atoms with van der Waals surface area (Å²) in [7, 11) is 0. The third kappa shape index (κ3) is 4.46. The SMILES string of the molecule is CCn1ncc(Cl)c1C(C)=CCCNCC(C)C. The van der Waals surface area contributed by atoms with Crippen molar-refractivity contribution in [1.82, 2.24) is 15.1 Å². The fourth-order valence-electron chi connectivity index (χ4n) is 1.87.